The van der Waals surface area contributed by atoms with Crippen molar-refractivity contribution in [3.63, 3.8) is 0 Å². The van der Waals surface area contributed by atoms with Crippen LogP contribution in [-0.4, -0.2) is 48.6 Å². The number of carbonyl (C=O) groups is 2. The highest BCUT2D eigenvalue weighted by molar-refractivity contribution is 5.66. The molecule has 6 heteroatoms. The lowest BCUT2D eigenvalue weighted by atomic mass is 10.7. The molecule has 0 spiro atoms. The van der Waals surface area contributed by atoms with Crippen molar-refractivity contribution in [3.05, 3.63) is 0 Å². The molecule has 0 aliphatic carbocycles. The number of aliphatic hydroxyl groups is 2. The fourth-order valence-electron chi connectivity index (χ4n) is 0.379. The largest absolute Gasteiger partial charge is 0.463 e. The molecule has 0 radical (unpaired) electrons. The summed E-state index contributed by atoms with van der Waals surface area (Å²) in [6, 6.07) is 0. The molecule has 0 aromatic rings. The number of esters is 2. The minimum Gasteiger partial charge on any atom is -0.463 e. The molecule has 2 N–H and O–H groups in total. The van der Waals surface area contributed by atoms with Gasteiger partial charge in [-0.15, -0.1) is 0 Å². The van der Waals surface area contributed by atoms with E-state index in [0.29, 0.717) is 0 Å². The van der Waals surface area contributed by atoms with Crippen molar-refractivity contribution in [1.29, 1.82) is 0 Å². The number of hydrogen-bond donors (Lipinski definition) is 2. The summed E-state index contributed by atoms with van der Waals surface area (Å²) < 4.78 is 8.60. The minimum atomic E-state index is -0.353. The Balaban J connectivity index is -0.000000180. The monoisotopic (exact) mass is 224 g/mol. The van der Waals surface area contributed by atoms with Gasteiger partial charge >= 0.3 is 11.9 Å². The first-order chi connectivity index (χ1) is 6.54. The second-order valence-electron chi connectivity index (χ2n) is 2.13. The summed E-state index contributed by atoms with van der Waals surface area (Å²) in [5.74, 6) is -0.705. The van der Waals surface area contributed by atoms with Crippen molar-refractivity contribution in [2.24, 2.45) is 0 Å². The number of aliphatic hydroxyl groups excluding tert-OH is 2. The number of rotatable bonds is 4. The molecule has 0 rings (SSSR count). The SMILES string of the molecule is C.CC(=O)OCCO.CC(=O)OCCO. The van der Waals surface area contributed by atoms with E-state index < -0.39 is 0 Å². The fraction of sp³-hybridized carbons (Fsp3) is 0.778. The van der Waals surface area contributed by atoms with E-state index in [-0.39, 0.29) is 45.8 Å². The topological polar surface area (TPSA) is 93.1 Å². The lowest BCUT2D eigenvalue weighted by molar-refractivity contribution is -0.142. The van der Waals surface area contributed by atoms with Crippen LogP contribution >= 0.6 is 0 Å². The Labute approximate surface area is 89.8 Å². The summed E-state index contributed by atoms with van der Waals surface area (Å²) >= 11 is 0. The Morgan fingerprint density at radius 1 is 0.933 bits per heavy atom. The molecule has 0 aliphatic heterocycles. The molecule has 0 atom stereocenters. The molecular weight excluding hydrogens is 204 g/mol. The quantitative estimate of drug-likeness (QED) is 0.638. The normalized spacial score (nSPS) is 7.73. The maximum Gasteiger partial charge on any atom is 0.302 e. The van der Waals surface area contributed by atoms with Gasteiger partial charge < -0.3 is 19.7 Å². The lowest BCUT2D eigenvalue weighted by Gasteiger charge is -1.93. The Bertz CT molecular complexity index is 139. The molecule has 0 bridgehead atoms. The Kier molecular flexibility index (Phi) is 19.9. The lowest BCUT2D eigenvalue weighted by Crippen LogP contribution is -2.03. The molecule has 0 aromatic carbocycles. The third kappa shape index (κ3) is 32.2. The van der Waals surface area contributed by atoms with Gasteiger partial charge in [-0.3, -0.25) is 9.59 Å². The number of carbonyl (C=O) groups excluding carboxylic acids is 2. The first kappa shape index (κ1) is 19.4. The second kappa shape index (κ2) is 15.3. The van der Waals surface area contributed by atoms with Crippen LogP contribution in [-0.2, 0) is 19.1 Å². The summed E-state index contributed by atoms with van der Waals surface area (Å²) in [7, 11) is 0. The zero-order chi connectivity index (χ0) is 11.4. The van der Waals surface area contributed by atoms with Crippen LogP contribution in [0.3, 0.4) is 0 Å². The van der Waals surface area contributed by atoms with Crippen LogP contribution in [0.1, 0.15) is 21.3 Å². The summed E-state index contributed by atoms with van der Waals surface area (Å²) in [6.45, 7) is 2.62. The van der Waals surface area contributed by atoms with Gasteiger partial charge in [0.05, 0.1) is 13.2 Å². The predicted molar refractivity (Wildman–Crippen MR) is 54.2 cm³/mol. The van der Waals surface area contributed by atoms with Gasteiger partial charge in [-0.25, -0.2) is 0 Å². The van der Waals surface area contributed by atoms with Crippen molar-refractivity contribution in [3.8, 4) is 0 Å². The van der Waals surface area contributed by atoms with E-state index in [4.69, 9.17) is 10.2 Å². The van der Waals surface area contributed by atoms with Crippen LogP contribution in [0.5, 0.6) is 0 Å². The number of hydrogen-bond acceptors (Lipinski definition) is 6. The first-order valence-electron chi connectivity index (χ1n) is 4.03. The van der Waals surface area contributed by atoms with Gasteiger partial charge in [0.15, 0.2) is 0 Å². The Hall–Kier alpha value is -1.14. The van der Waals surface area contributed by atoms with E-state index in [1.807, 2.05) is 0 Å². The molecule has 0 saturated carbocycles. The molecule has 6 nitrogen and oxygen atoms in total. The molecule has 0 amide bonds. The highest BCUT2D eigenvalue weighted by Crippen LogP contribution is 1.71. The first-order valence-corrected chi connectivity index (χ1v) is 4.03. The summed E-state index contributed by atoms with van der Waals surface area (Å²) in [5.41, 5.74) is 0. The number of ether oxygens (including phenoxy) is 2. The predicted octanol–water partition coefficient (Wildman–Crippen LogP) is -0.280. The molecule has 0 aliphatic rings. The zero-order valence-corrected chi connectivity index (χ0v) is 8.36. The zero-order valence-electron chi connectivity index (χ0n) is 8.36. The van der Waals surface area contributed by atoms with Gasteiger partial charge in [-0.2, -0.15) is 0 Å². The van der Waals surface area contributed by atoms with Crippen LogP contribution in [0.15, 0.2) is 0 Å². The highest BCUT2D eigenvalue weighted by atomic mass is 16.5. The van der Waals surface area contributed by atoms with Crippen LogP contribution in [0, 0.1) is 0 Å². The van der Waals surface area contributed by atoms with E-state index in [1.54, 1.807) is 0 Å². The smallest absolute Gasteiger partial charge is 0.302 e. The maximum atomic E-state index is 9.87. The standard InChI is InChI=1S/2C4H8O3.CH4/c2*1-4(6)7-3-2-5;/h2*5H,2-3H2,1H3;1H4. The molecule has 0 unspecified atom stereocenters. The van der Waals surface area contributed by atoms with Crippen LogP contribution < -0.4 is 0 Å². The van der Waals surface area contributed by atoms with E-state index >= 15 is 0 Å². The van der Waals surface area contributed by atoms with Crippen LogP contribution in [0.2, 0.25) is 0 Å². The Morgan fingerprint density at radius 3 is 1.27 bits per heavy atom. The van der Waals surface area contributed by atoms with Gasteiger partial charge in [0.2, 0.25) is 0 Å². The second-order valence-corrected chi connectivity index (χ2v) is 2.13. The average molecular weight is 224 g/mol. The van der Waals surface area contributed by atoms with E-state index in [0.717, 1.165) is 0 Å². The average Bonchev–Trinajstić information content (AvgIpc) is 2.12. The molecule has 0 saturated heterocycles. The summed E-state index contributed by atoms with van der Waals surface area (Å²) in [4.78, 5) is 19.7. The summed E-state index contributed by atoms with van der Waals surface area (Å²) in [6.07, 6.45) is 0. The molecular formula is C9H20O6. The fourth-order valence-corrected chi connectivity index (χ4v) is 0.379. The van der Waals surface area contributed by atoms with Crippen molar-refractivity contribution in [1.82, 2.24) is 0 Å². The molecule has 0 aromatic heterocycles. The minimum absolute atomic E-state index is 0. The van der Waals surface area contributed by atoms with Crippen molar-refractivity contribution in [2.75, 3.05) is 26.4 Å². The van der Waals surface area contributed by atoms with Crippen molar-refractivity contribution >= 4 is 11.9 Å². The molecule has 92 valence electrons. The molecule has 15 heavy (non-hydrogen) atoms. The van der Waals surface area contributed by atoms with E-state index in [9.17, 15) is 9.59 Å². The van der Waals surface area contributed by atoms with E-state index in [1.165, 1.54) is 13.8 Å². The maximum absolute atomic E-state index is 9.87. The molecule has 0 heterocycles. The summed E-state index contributed by atoms with van der Waals surface area (Å²) in [5, 5.41) is 16.1. The Morgan fingerprint density at radius 2 is 1.20 bits per heavy atom. The molecule has 0 fully saturated rings. The van der Waals surface area contributed by atoms with Gasteiger partial charge in [0.25, 0.3) is 0 Å². The van der Waals surface area contributed by atoms with Gasteiger partial charge in [-0.05, 0) is 0 Å². The third-order valence-corrected chi connectivity index (χ3v) is 0.793. The van der Waals surface area contributed by atoms with Crippen LogP contribution in [0.4, 0.5) is 0 Å². The van der Waals surface area contributed by atoms with E-state index in [2.05, 4.69) is 9.47 Å². The van der Waals surface area contributed by atoms with Crippen LogP contribution in [0.25, 0.3) is 0 Å². The van der Waals surface area contributed by atoms with Gasteiger partial charge in [0, 0.05) is 13.8 Å². The van der Waals surface area contributed by atoms with Gasteiger partial charge in [0.1, 0.15) is 13.2 Å². The third-order valence-electron chi connectivity index (χ3n) is 0.793. The van der Waals surface area contributed by atoms with Crippen molar-refractivity contribution in [2.45, 2.75) is 21.3 Å². The highest BCUT2D eigenvalue weighted by Gasteiger charge is 1.86. The van der Waals surface area contributed by atoms with Gasteiger partial charge in [-0.1, -0.05) is 7.43 Å². The van der Waals surface area contributed by atoms with Crippen molar-refractivity contribution < 1.29 is 29.3 Å².